The van der Waals surface area contributed by atoms with Gasteiger partial charge in [0.05, 0.1) is 5.56 Å². The molecule has 0 unspecified atom stereocenters. The molecular weight excluding hydrogens is 214 g/mol. The number of anilines is 1. The van der Waals surface area contributed by atoms with Gasteiger partial charge in [-0.15, -0.1) is 0 Å². The second kappa shape index (κ2) is 4.84. The lowest BCUT2D eigenvalue weighted by atomic mass is 9.69. The van der Waals surface area contributed by atoms with Gasteiger partial charge in [-0.25, -0.2) is 0 Å². The van der Waals surface area contributed by atoms with E-state index in [9.17, 15) is 4.79 Å². The van der Waals surface area contributed by atoms with E-state index in [4.69, 9.17) is 11.5 Å². The van der Waals surface area contributed by atoms with Crippen LogP contribution in [0, 0.1) is 5.41 Å². The largest absolute Gasteiger partial charge is 0.398 e. The molecule has 4 nitrogen and oxygen atoms in total. The van der Waals surface area contributed by atoms with E-state index in [0.29, 0.717) is 17.8 Å². The molecule has 1 aromatic rings. The monoisotopic (exact) mass is 233 g/mol. The summed E-state index contributed by atoms with van der Waals surface area (Å²) in [5.74, 6) is 0.0744. The van der Waals surface area contributed by atoms with E-state index < -0.39 is 5.41 Å². The molecule has 0 spiro atoms. The lowest BCUT2D eigenvalue weighted by Gasteiger charge is -2.34. The van der Waals surface area contributed by atoms with E-state index in [-0.39, 0.29) is 5.78 Å². The molecule has 0 saturated heterocycles. The number of ketones is 1. The van der Waals surface area contributed by atoms with Gasteiger partial charge >= 0.3 is 0 Å². The average Bonchev–Trinajstić information content (AvgIpc) is 2.39. The van der Waals surface area contributed by atoms with Gasteiger partial charge in [0.15, 0.2) is 5.78 Å². The van der Waals surface area contributed by atoms with E-state index in [1.54, 1.807) is 18.5 Å². The number of hydrogen-bond acceptors (Lipinski definition) is 4. The van der Waals surface area contributed by atoms with Crippen molar-refractivity contribution in [1.29, 1.82) is 0 Å². The lowest BCUT2D eigenvalue weighted by Crippen LogP contribution is -2.40. The van der Waals surface area contributed by atoms with Gasteiger partial charge in [-0.1, -0.05) is 19.3 Å². The highest BCUT2D eigenvalue weighted by molar-refractivity contribution is 6.04. The molecule has 17 heavy (non-hydrogen) atoms. The van der Waals surface area contributed by atoms with Crippen molar-refractivity contribution in [3.05, 3.63) is 24.0 Å². The zero-order valence-corrected chi connectivity index (χ0v) is 9.98. The summed E-state index contributed by atoms with van der Waals surface area (Å²) in [6, 6.07) is 1.67. The smallest absolute Gasteiger partial charge is 0.173 e. The van der Waals surface area contributed by atoms with E-state index >= 15 is 0 Å². The summed E-state index contributed by atoms with van der Waals surface area (Å²) in [5.41, 5.74) is 12.3. The van der Waals surface area contributed by atoms with Gasteiger partial charge in [-0.2, -0.15) is 0 Å². The Morgan fingerprint density at radius 1 is 1.35 bits per heavy atom. The highest BCUT2D eigenvalue weighted by Crippen LogP contribution is 2.38. The molecule has 0 atom stereocenters. The third-order valence-corrected chi connectivity index (χ3v) is 3.78. The molecule has 92 valence electrons. The Bertz CT molecular complexity index is 411. The van der Waals surface area contributed by atoms with Crippen molar-refractivity contribution in [3.8, 4) is 0 Å². The topological polar surface area (TPSA) is 82.0 Å². The molecule has 0 radical (unpaired) electrons. The van der Waals surface area contributed by atoms with Gasteiger partial charge in [-0.05, 0) is 18.9 Å². The maximum atomic E-state index is 12.6. The number of Topliss-reactive ketones (excluding diaryl/α,β-unsaturated/α-hetero) is 1. The van der Waals surface area contributed by atoms with E-state index in [1.165, 1.54) is 6.42 Å². The second-order valence-corrected chi connectivity index (χ2v) is 4.84. The molecule has 4 heteroatoms. The van der Waals surface area contributed by atoms with Crippen molar-refractivity contribution in [2.75, 3.05) is 12.3 Å². The molecule has 0 bridgehead atoms. The van der Waals surface area contributed by atoms with Crippen LogP contribution in [-0.4, -0.2) is 17.3 Å². The Balaban J connectivity index is 2.32. The fourth-order valence-electron chi connectivity index (χ4n) is 2.63. The predicted molar refractivity (Wildman–Crippen MR) is 67.6 cm³/mol. The zero-order chi connectivity index (χ0) is 12.3. The third kappa shape index (κ3) is 2.17. The van der Waals surface area contributed by atoms with Crippen LogP contribution in [0.1, 0.15) is 42.5 Å². The fourth-order valence-corrected chi connectivity index (χ4v) is 2.63. The summed E-state index contributed by atoms with van der Waals surface area (Å²) in [5, 5.41) is 0. The number of nitrogens with zero attached hydrogens (tertiary/aromatic N) is 1. The van der Waals surface area contributed by atoms with Gasteiger partial charge < -0.3 is 11.5 Å². The first-order valence-electron chi connectivity index (χ1n) is 6.14. The number of nitrogens with two attached hydrogens (primary N) is 2. The van der Waals surface area contributed by atoms with Crippen LogP contribution in [0.4, 0.5) is 5.69 Å². The minimum Gasteiger partial charge on any atom is -0.398 e. The van der Waals surface area contributed by atoms with E-state index in [2.05, 4.69) is 4.98 Å². The Morgan fingerprint density at radius 2 is 2.06 bits per heavy atom. The number of nitrogen functional groups attached to an aromatic ring is 1. The molecule has 1 heterocycles. The van der Waals surface area contributed by atoms with E-state index in [1.807, 2.05) is 0 Å². The molecule has 2 rings (SSSR count). The molecule has 0 amide bonds. The third-order valence-electron chi connectivity index (χ3n) is 3.78. The number of pyridine rings is 1. The molecule has 0 aliphatic heterocycles. The molecular formula is C13H19N3O. The second-order valence-electron chi connectivity index (χ2n) is 4.84. The minimum atomic E-state index is -0.407. The molecule has 1 fully saturated rings. The highest BCUT2D eigenvalue weighted by Gasteiger charge is 2.39. The zero-order valence-electron chi connectivity index (χ0n) is 9.98. The number of carbonyl (C=O) groups excluding carboxylic acids is 1. The van der Waals surface area contributed by atoms with Crippen molar-refractivity contribution in [2.24, 2.45) is 11.1 Å². The van der Waals surface area contributed by atoms with Crippen molar-refractivity contribution in [1.82, 2.24) is 4.98 Å². The first-order valence-corrected chi connectivity index (χ1v) is 6.14. The molecule has 0 aromatic carbocycles. The minimum absolute atomic E-state index is 0.0744. The Labute approximate surface area is 101 Å². The van der Waals surface area contributed by atoms with Crippen LogP contribution in [0.15, 0.2) is 18.5 Å². The summed E-state index contributed by atoms with van der Waals surface area (Å²) in [6.45, 7) is 0.403. The molecule has 1 aliphatic rings. The Hall–Kier alpha value is -1.42. The molecule has 1 aromatic heterocycles. The summed E-state index contributed by atoms with van der Waals surface area (Å²) in [4.78, 5) is 16.6. The Kier molecular flexibility index (Phi) is 3.43. The summed E-state index contributed by atoms with van der Waals surface area (Å²) in [6.07, 6.45) is 8.24. The summed E-state index contributed by atoms with van der Waals surface area (Å²) < 4.78 is 0. The maximum absolute atomic E-state index is 12.6. The van der Waals surface area contributed by atoms with Crippen molar-refractivity contribution in [2.45, 2.75) is 32.1 Å². The normalized spacial score (nSPS) is 18.9. The van der Waals surface area contributed by atoms with Crippen LogP contribution in [0.2, 0.25) is 0 Å². The van der Waals surface area contributed by atoms with E-state index in [0.717, 1.165) is 25.7 Å². The van der Waals surface area contributed by atoms with Gasteiger partial charge in [0.2, 0.25) is 0 Å². The van der Waals surface area contributed by atoms with Crippen molar-refractivity contribution >= 4 is 11.5 Å². The molecule has 1 aliphatic carbocycles. The predicted octanol–water partition coefficient (Wildman–Crippen LogP) is 1.76. The van der Waals surface area contributed by atoms with Gasteiger partial charge in [-0.3, -0.25) is 9.78 Å². The maximum Gasteiger partial charge on any atom is 0.173 e. The Morgan fingerprint density at radius 3 is 2.65 bits per heavy atom. The van der Waals surface area contributed by atoms with Gasteiger partial charge in [0.1, 0.15) is 0 Å². The molecule has 1 saturated carbocycles. The van der Waals surface area contributed by atoms with Crippen molar-refractivity contribution < 1.29 is 4.79 Å². The standard InChI is InChI=1S/C13H19N3O/c14-9-13(5-2-1-3-6-13)12(17)10-8-16-7-4-11(10)15/h4,7-8H,1-3,5-6,9,14H2,(H2,15,16). The van der Waals surface area contributed by atoms with Gasteiger partial charge in [0.25, 0.3) is 0 Å². The van der Waals surface area contributed by atoms with Crippen LogP contribution in [-0.2, 0) is 0 Å². The van der Waals surface area contributed by atoms with Crippen molar-refractivity contribution in [3.63, 3.8) is 0 Å². The van der Waals surface area contributed by atoms with Crippen LogP contribution in [0.25, 0.3) is 0 Å². The summed E-state index contributed by atoms with van der Waals surface area (Å²) in [7, 11) is 0. The van der Waals surface area contributed by atoms with Crippen LogP contribution < -0.4 is 11.5 Å². The van der Waals surface area contributed by atoms with Crippen LogP contribution in [0.5, 0.6) is 0 Å². The first kappa shape index (κ1) is 12.0. The van der Waals surface area contributed by atoms with Gasteiger partial charge in [0, 0.05) is 30.0 Å². The number of carbonyl (C=O) groups is 1. The molecule has 4 N–H and O–H groups in total. The highest BCUT2D eigenvalue weighted by atomic mass is 16.1. The average molecular weight is 233 g/mol. The number of rotatable bonds is 3. The number of aromatic nitrogens is 1. The lowest BCUT2D eigenvalue weighted by molar-refractivity contribution is 0.0730. The van der Waals surface area contributed by atoms with Crippen LogP contribution >= 0.6 is 0 Å². The van der Waals surface area contributed by atoms with Crippen LogP contribution in [0.3, 0.4) is 0 Å². The number of hydrogen-bond donors (Lipinski definition) is 2. The first-order chi connectivity index (χ1) is 8.19. The fraction of sp³-hybridized carbons (Fsp3) is 0.538. The SMILES string of the molecule is NCC1(C(=O)c2cnccc2N)CCCCC1. The summed E-state index contributed by atoms with van der Waals surface area (Å²) >= 11 is 0. The quantitative estimate of drug-likeness (QED) is 0.779.